The molecule has 0 aromatic carbocycles. The van der Waals surface area contributed by atoms with Crippen LogP contribution < -0.4 is 0 Å². The van der Waals surface area contributed by atoms with E-state index in [0.29, 0.717) is 0 Å². The van der Waals surface area contributed by atoms with Gasteiger partial charge in [0.2, 0.25) is 0 Å². The average molecular weight is 180 g/mol. The molecule has 8 heavy (non-hydrogen) atoms. The van der Waals surface area contributed by atoms with E-state index in [1.165, 1.54) is 0 Å². The van der Waals surface area contributed by atoms with Gasteiger partial charge in [-0.15, -0.1) is 0 Å². The van der Waals surface area contributed by atoms with Crippen molar-refractivity contribution in [3.63, 3.8) is 0 Å². The first-order valence-corrected chi connectivity index (χ1v) is 2.96. The second-order valence-electron chi connectivity index (χ2n) is 1.28. The van der Waals surface area contributed by atoms with Gasteiger partial charge in [0.05, 0.1) is 12.7 Å². The molecule has 0 aliphatic carbocycles. The molecular formula is C4H6BrNO2. The number of aliphatic hydroxyl groups excluding tert-OH is 2. The van der Waals surface area contributed by atoms with Gasteiger partial charge in [-0.3, -0.25) is 0 Å². The van der Waals surface area contributed by atoms with Crippen LogP contribution in [0.5, 0.6) is 0 Å². The Kier molecular flexibility index (Phi) is 3.79. The molecule has 0 bridgehead atoms. The van der Waals surface area contributed by atoms with Gasteiger partial charge in [0.15, 0.2) is 0 Å². The van der Waals surface area contributed by atoms with E-state index in [1.54, 1.807) is 6.07 Å². The van der Waals surface area contributed by atoms with Gasteiger partial charge in [0.25, 0.3) is 0 Å². The van der Waals surface area contributed by atoms with Gasteiger partial charge in [0, 0.05) is 0 Å². The molecule has 0 aliphatic rings. The van der Waals surface area contributed by atoms with E-state index >= 15 is 0 Å². The van der Waals surface area contributed by atoms with E-state index in [2.05, 4.69) is 15.9 Å². The molecule has 0 aromatic heterocycles. The third kappa shape index (κ3) is 2.26. The summed E-state index contributed by atoms with van der Waals surface area (Å²) in [5, 5.41) is 24.9. The zero-order chi connectivity index (χ0) is 6.57. The molecule has 3 nitrogen and oxygen atoms in total. The van der Waals surface area contributed by atoms with Crippen molar-refractivity contribution in [2.45, 2.75) is 10.9 Å². The van der Waals surface area contributed by atoms with Crippen LogP contribution in [0.3, 0.4) is 0 Å². The Hall–Kier alpha value is -0.110. The summed E-state index contributed by atoms with van der Waals surface area (Å²) in [7, 11) is 0. The largest absolute Gasteiger partial charge is 0.394 e. The predicted octanol–water partition coefficient (Wildman–Crippen LogP) is -0.373. The molecule has 0 saturated carbocycles. The maximum absolute atomic E-state index is 8.61. The van der Waals surface area contributed by atoms with Gasteiger partial charge in [-0.05, 0) is 0 Å². The molecule has 0 radical (unpaired) electrons. The van der Waals surface area contributed by atoms with Gasteiger partial charge >= 0.3 is 0 Å². The molecule has 0 amide bonds. The molecular weight excluding hydrogens is 174 g/mol. The Morgan fingerprint density at radius 1 is 1.75 bits per heavy atom. The second-order valence-corrected chi connectivity index (χ2v) is 2.27. The van der Waals surface area contributed by atoms with Crippen LogP contribution >= 0.6 is 15.9 Å². The van der Waals surface area contributed by atoms with E-state index < -0.39 is 10.9 Å². The Labute approximate surface area is 55.7 Å². The fraction of sp³-hybridized carbons (Fsp3) is 0.750. The molecule has 0 unspecified atom stereocenters. The van der Waals surface area contributed by atoms with E-state index in [0.717, 1.165) is 0 Å². The predicted molar refractivity (Wildman–Crippen MR) is 31.4 cm³/mol. The Balaban J connectivity index is 3.49. The summed E-state index contributed by atoms with van der Waals surface area (Å²) >= 11 is 2.83. The standard InChI is InChI=1S/C4H6BrNO2/c5-3(1-6)4(8)2-7/h3-4,7-8H,2H2/t3-,4+/m0/s1. The third-order valence-corrected chi connectivity index (χ3v) is 1.46. The molecule has 0 spiro atoms. The number of hydrogen-bond acceptors (Lipinski definition) is 3. The molecule has 2 atom stereocenters. The summed E-state index contributed by atoms with van der Waals surface area (Å²) < 4.78 is 0. The molecule has 0 rings (SSSR count). The fourth-order valence-corrected chi connectivity index (χ4v) is 0.346. The molecule has 0 aromatic rings. The fourth-order valence-electron chi connectivity index (χ4n) is 0.179. The summed E-state index contributed by atoms with van der Waals surface area (Å²) in [5.74, 6) is 0. The van der Waals surface area contributed by atoms with Crippen LogP contribution in [-0.2, 0) is 0 Å². The first-order valence-electron chi connectivity index (χ1n) is 2.05. The monoisotopic (exact) mass is 179 g/mol. The lowest BCUT2D eigenvalue weighted by molar-refractivity contribution is 0.104. The summed E-state index contributed by atoms with van der Waals surface area (Å²) in [6.07, 6.45) is -0.972. The summed E-state index contributed by atoms with van der Waals surface area (Å²) in [5.41, 5.74) is 0. The molecule has 0 fully saturated rings. The number of nitrogens with zero attached hydrogens (tertiary/aromatic N) is 1. The normalized spacial score (nSPS) is 16.8. The summed E-state index contributed by atoms with van der Waals surface area (Å²) in [6.45, 7) is -0.385. The topological polar surface area (TPSA) is 64.2 Å². The van der Waals surface area contributed by atoms with Crippen molar-refractivity contribution in [1.82, 2.24) is 0 Å². The Morgan fingerprint density at radius 3 is 2.38 bits per heavy atom. The number of nitriles is 1. The van der Waals surface area contributed by atoms with Crippen molar-refractivity contribution in [3.05, 3.63) is 0 Å². The highest BCUT2D eigenvalue weighted by molar-refractivity contribution is 9.09. The number of alkyl halides is 1. The van der Waals surface area contributed by atoms with Crippen LogP contribution in [0.2, 0.25) is 0 Å². The van der Waals surface area contributed by atoms with E-state index in [1.807, 2.05) is 0 Å². The lowest BCUT2D eigenvalue weighted by Crippen LogP contribution is -2.22. The van der Waals surface area contributed by atoms with Crippen molar-refractivity contribution in [1.29, 1.82) is 5.26 Å². The average Bonchev–Trinajstić information content (AvgIpc) is 1.84. The molecule has 0 aliphatic heterocycles. The second kappa shape index (κ2) is 3.84. The zero-order valence-corrected chi connectivity index (χ0v) is 5.67. The number of rotatable bonds is 2. The first kappa shape index (κ1) is 7.89. The minimum atomic E-state index is -0.972. The van der Waals surface area contributed by atoms with Crippen LogP contribution in [0, 0.1) is 11.3 Å². The quantitative estimate of drug-likeness (QED) is 0.569. The highest BCUT2D eigenvalue weighted by atomic mass is 79.9. The molecule has 0 heterocycles. The van der Waals surface area contributed by atoms with Crippen molar-refractivity contribution < 1.29 is 10.2 Å². The lowest BCUT2D eigenvalue weighted by atomic mass is 10.3. The summed E-state index contributed by atoms with van der Waals surface area (Å²) in [6, 6.07) is 1.72. The van der Waals surface area contributed by atoms with Crippen molar-refractivity contribution in [2.24, 2.45) is 0 Å². The van der Waals surface area contributed by atoms with Gasteiger partial charge in [-0.1, -0.05) is 15.9 Å². The first-order chi connectivity index (χ1) is 3.72. The van der Waals surface area contributed by atoms with Crippen LogP contribution in [0.15, 0.2) is 0 Å². The van der Waals surface area contributed by atoms with Crippen LogP contribution in [0.4, 0.5) is 0 Å². The van der Waals surface area contributed by atoms with Gasteiger partial charge in [-0.25, -0.2) is 0 Å². The maximum atomic E-state index is 8.61. The highest BCUT2D eigenvalue weighted by Gasteiger charge is 2.12. The minimum Gasteiger partial charge on any atom is -0.394 e. The SMILES string of the molecule is N#C[C@H](Br)[C@H](O)CO. The van der Waals surface area contributed by atoms with Gasteiger partial charge in [0.1, 0.15) is 10.9 Å². The van der Waals surface area contributed by atoms with E-state index in [4.69, 9.17) is 15.5 Å². The smallest absolute Gasteiger partial charge is 0.129 e. The van der Waals surface area contributed by atoms with E-state index in [9.17, 15) is 0 Å². The lowest BCUT2D eigenvalue weighted by Gasteiger charge is -2.04. The van der Waals surface area contributed by atoms with Crippen LogP contribution in [0.25, 0.3) is 0 Å². The number of halogens is 1. The van der Waals surface area contributed by atoms with Crippen LogP contribution in [0.1, 0.15) is 0 Å². The van der Waals surface area contributed by atoms with Gasteiger partial charge < -0.3 is 10.2 Å². The zero-order valence-electron chi connectivity index (χ0n) is 4.08. The van der Waals surface area contributed by atoms with Crippen molar-refractivity contribution in [3.8, 4) is 6.07 Å². The Bertz CT molecular complexity index is 101. The molecule has 46 valence electrons. The molecule has 4 heteroatoms. The summed E-state index contributed by atoms with van der Waals surface area (Å²) in [4.78, 5) is -0.660. The molecule has 0 saturated heterocycles. The van der Waals surface area contributed by atoms with Crippen molar-refractivity contribution >= 4 is 15.9 Å². The van der Waals surface area contributed by atoms with Crippen molar-refractivity contribution in [2.75, 3.05) is 6.61 Å². The third-order valence-electron chi connectivity index (χ3n) is 0.648. The number of hydrogen-bond donors (Lipinski definition) is 2. The van der Waals surface area contributed by atoms with Crippen LogP contribution in [-0.4, -0.2) is 27.8 Å². The van der Waals surface area contributed by atoms with Gasteiger partial charge in [-0.2, -0.15) is 5.26 Å². The maximum Gasteiger partial charge on any atom is 0.129 e. The van der Waals surface area contributed by atoms with E-state index in [-0.39, 0.29) is 6.61 Å². The number of aliphatic hydroxyl groups is 2. The minimum absolute atomic E-state index is 0.385. The Morgan fingerprint density at radius 2 is 2.25 bits per heavy atom. The molecule has 2 N–H and O–H groups in total. The highest BCUT2D eigenvalue weighted by Crippen LogP contribution is 2.02.